The summed E-state index contributed by atoms with van der Waals surface area (Å²) in [5.74, 6) is -0.732. The fourth-order valence-corrected chi connectivity index (χ4v) is 1.93. The van der Waals surface area contributed by atoms with Gasteiger partial charge in [0.2, 0.25) is 0 Å². The minimum Gasteiger partial charge on any atom is -0.383 e. The maximum Gasteiger partial charge on any atom is 0.128 e. The van der Waals surface area contributed by atoms with E-state index in [0.29, 0.717) is 24.3 Å². The Kier molecular flexibility index (Phi) is 7.05. The SMILES string of the molecule is COCCN(C)CCNC(C)c1cc(F)c(C)cc1F. The zero-order valence-corrected chi connectivity index (χ0v) is 12.7. The first-order chi connectivity index (χ1) is 9.45. The molecule has 20 heavy (non-hydrogen) atoms. The van der Waals surface area contributed by atoms with Crippen LogP contribution in [-0.4, -0.2) is 45.3 Å². The molecule has 1 N–H and O–H groups in total. The highest BCUT2D eigenvalue weighted by molar-refractivity contribution is 5.27. The molecule has 1 rings (SSSR count). The van der Waals surface area contributed by atoms with E-state index < -0.39 is 0 Å². The zero-order valence-electron chi connectivity index (χ0n) is 12.7. The molecule has 5 heteroatoms. The largest absolute Gasteiger partial charge is 0.383 e. The van der Waals surface area contributed by atoms with Gasteiger partial charge in [-0.05, 0) is 38.6 Å². The molecule has 0 spiro atoms. The van der Waals surface area contributed by atoms with Crippen LogP contribution in [0.15, 0.2) is 12.1 Å². The average molecular weight is 286 g/mol. The van der Waals surface area contributed by atoms with Gasteiger partial charge in [0.1, 0.15) is 11.6 Å². The van der Waals surface area contributed by atoms with E-state index in [1.54, 1.807) is 14.0 Å². The van der Waals surface area contributed by atoms with Gasteiger partial charge in [0, 0.05) is 38.3 Å². The number of nitrogens with one attached hydrogen (secondary N) is 1. The van der Waals surface area contributed by atoms with Crippen molar-refractivity contribution in [3.8, 4) is 0 Å². The predicted molar refractivity (Wildman–Crippen MR) is 76.9 cm³/mol. The lowest BCUT2D eigenvalue weighted by molar-refractivity contribution is 0.161. The number of ether oxygens (including phenoxy) is 1. The molecule has 0 fully saturated rings. The number of aryl methyl sites for hydroxylation is 1. The molecule has 1 atom stereocenters. The lowest BCUT2D eigenvalue weighted by Crippen LogP contribution is -2.32. The monoisotopic (exact) mass is 286 g/mol. The Hall–Kier alpha value is -1.04. The zero-order chi connectivity index (χ0) is 15.1. The minimum atomic E-state index is -0.368. The molecule has 0 bridgehead atoms. The van der Waals surface area contributed by atoms with Gasteiger partial charge in [-0.1, -0.05) is 0 Å². The van der Waals surface area contributed by atoms with Crippen molar-refractivity contribution < 1.29 is 13.5 Å². The Morgan fingerprint density at radius 1 is 1.25 bits per heavy atom. The molecule has 0 aromatic heterocycles. The summed E-state index contributed by atoms with van der Waals surface area (Å²) in [4.78, 5) is 2.12. The smallest absolute Gasteiger partial charge is 0.128 e. The molecule has 0 aliphatic rings. The molecule has 0 amide bonds. The number of hydrogen-bond acceptors (Lipinski definition) is 3. The van der Waals surface area contributed by atoms with Crippen molar-refractivity contribution in [1.29, 1.82) is 0 Å². The molecule has 0 heterocycles. The Morgan fingerprint density at radius 2 is 1.95 bits per heavy atom. The van der Waals surface area contributed by atoms with Crippen molar-refractivity contribution in [3.05, 3.63) is 34.9 Å². The molecule has 1 aromatic rings. The molecule has 0 saturated heterocycles. The molecule has 114 valence electrons. The van der Waals surface area contributed by atoms with Crippen molar-refractivity contribution in [2.75, 3.05) is 40.4 Å². The molecular formula is C15H24F2N2O. The molecule has 1 unspecified atom stereocenters. The van der Waals surface area contributed by atoms with Crippen LogP contribution in [0.4, 0.5) is 8.78 Å². The van der Waals surface area contributed by atoms with E-state index in [4.69, 9.17) is 4.74 Å². The summed E-state index contributed by atoms with van der Waals surface area (Å²) in [5, 5.41) is 3.20. The molecule has 0 saturated carbocycles. The van der Waals surface area contributed by atoms with Gasteiger partial charge >= 0.3 is 0 Å². The Bertz CT molecular complexity index is 427. The van der Waals surface area contributed by atoms with Crippen molar-refractivity contribution >= 4 is 0 Å². The van der Waals surface area contributed by atoms with Gasteiger partial charge in [0.25, 0.3) is 0 Å². The standard InChI is InChI=1S/C15H24F2N2O/c1-11-9-15(17)13(10-14(11)16)12(2)18-5-6-19(3)7-8-20-4/h9-10,12,18H,5-8H2,1-4H3. The second-order valence-corrected chi connectivity index (χ2v) is 5.09. The summed E-state index contributed by atoms with van der Waals surface area (Å²) in [6.07, 6.45) is 0. The Morgan fingerprint density at radius 3 is 2.60 bits per heavy atom. The van der Waals surface area contributed by atoms with Crippen LogP contribution in [0.2, 0.25) is 0 Å². The predicted octanol–water partition coefficient (Wildman–Crippen LogP) is 2.50. The third kappa shape index (κ3) is 5.15. The molecule has 1 aromatic carbocycles. The van der Waals surface area contributed by atoms with Crippen LogP contribution in [0.1, 0.15) is 24.1 Å². The summed E-state index contributed by atoms with van der Waals surface area (Å²) < 4.78 is 32.3. The van der Waals surface area contributed by atoms with Crippen LogP contribution >= 0.6 is 0 Å². The highest BCUT2D eigenvalue weighted by Crippen LogP contribution is 2.20. The number of benzene rings is 1. The highest BCUT2D eigenvalue weighted by atomic mass is 19.1. The van der Waals surface area contributed by atoms with Crippen LogP contribution in [0, 0.1) is 18.6 Å². The van der Waals surface area contributed by atoms with E-state index in [9.17, 15) is 8.78 Å². The van der Waals surface area contributed by atoms with Crippen LogP contribution in [0.5, 0.6) is 0 Å². The van der Waals surface area contributed by atoms with Gasteiger partial charge in [-0.3, -0.25) is 0 Å². The van der Waals surface area contributed by atoms with Crippen molar-refractivity contribution in [2.45, 2.75) is 19.9 Å². The Labute approximate surface area is 119 Å². The fourth-order valence-electron chi connectivity index (χ4n) is 1.93. The first kappa shape index (κ1) is 17.0. The van der Waals surface area contributed by atoms with Crippen molar-refractivity contribution in [3.63, 3.8) is 0 Å². The average Bonchev–Trinajstić information content (AvgIpc) is 2.40. The second kappa shape index (κ2) is 8.29. The van der Waals surface area contributed by atoms with Crippen LogP contribution < -0.4 is 5.32 Å². The summed E-state index contributed by atoms with van der Waals surface area (Å²) >= 11 is 0. The summed E-state index contributed by atoms with van der Waals surface area (Å²) in [7, 11) is 3.67. The normalized spacial score (nSPS) is 12.9. The van der Waals surface area contributed by atoms with E-state index in [0.717, 1.165) is 13.1 Å². The highest BCUT2D eigenvalue weighted by Gasteiger charge is 2.13. The number of nitrogens with zero attached hydrogens (tertiary/aromatic N) is 1. The van der Waals surface area contributed by atoms with E-state index in [-0.39, 0.29) is 17.7 Å². The second-order valence-electron chi connectivity index (χ2n) is 5.09. The summed E-state index contributed by atoms with van der Waals surface area (Å²) in [5.41, 5.74) is 0.699. The number of hydrogen-bond donors (Lipinski definition) is 1. The number of likely N-dealkylation sites (N-methyl/N-ethyl adjacent to an activating group) is 1. The first-order valence-corrected chi connectivity index (χ1v) is 6.82. The van der Waals surface area contributed by atoms with E-state index in [1.165, 1.54) is 12.1 Å². The quantitative estimate of drug-likeness (QED) is 0.794. The summed E-state index contributed by atoms with van der Waals surface area (Å²) in [6.45, 7) is 6.46. The van der Waals surface area contributed by atoms with Gasteiger partial charge in [0.05, 0.1) is 6.61 Å². The molecule has 0 radical (unpaired) electrons. The minimum absolute atomic E-state index is 0.221. The van der Waals surface area contributed by atoms with E-state index in [2.05, 4.69) is 10.2 Å². The van der Waals surface area contributed by atoms with Crippen LogP contribution in [0.3, 0.4) is 0 Å². The van der Waals surface area contributed by atoms with Crippen molar-refractivity contribution in [1.82, 2.24) is 10.2 Å². The lowest BCUT2D eigenvalue weighted by atomic mass is 10.1. The van der Waals surface area contributed by atoms with Crippen LogP contribution in [-0.2, 0) is 4.74 Å². The molecule has 0 aliphatic carbocycles. The van der Waals surface area contributed by atoms with Gasteiger partial charge in [-0.2, -0.15) is 0 Å². The fraction of sp³-hybridized carbons (Fsp3) is 0.600. The topological polar surface area (TPSA) is 24.5 Å². The number of halogens is 2. The molecular weight excluding hydrogens is 262 g/mol. The third-order valence-corrected chi connectivity index (χ3v) is 3.37. The van der Waals surface area contributed by atoms with E-state index in [1.807, 2.05) is 14.0 Å². The molecule has 3 nitrogen and oxygen atoms in total. The number of rotatable bonds is 8. The maximum absolute atomic E-state index is 13.8. The first-order valence-electron chi connectivity index (χ1n) is 6.82. The van der Waals surface area contributed by atoms with Crippen LogP contribution in [0.25, 0.3) is 0 Å². The van der Waals surface area contributed by atoms with Gasteiger partial charge in [0.15, 0.2) is 0 Å². The third-order valence-electron chi connectivity index (χ3n) is 3.37. The van der Waals surface area contributed by atoms with Crippen molar-refractivity contribution in [2.24, 2.45) is 0 Å². The van der Waals surface area contributed by atoms with E-state index >= 15 is 0 Å². The summed E-state index contributed by atoms with van der Waals surface area (Å²) in [6, 6.07) is 2.30. The lowest BCUT2D eigenvalue weighted by Gasteiger charge is -2.20. The molecule has 0 aliphatic heterocycles. The Balaban J connectivity index is 2.47. The van der Waals surface area contributed by atoms with Gasteiger partial charge < -0.3 is 15.0 Å². The number of methoxy groups -OCH3 is 1. The van der Waals surface area contributed by atoms with Gasteiger partial charge in [-0.15, -0.1) is 0 Å². The maximum atomic E-state index is 13.8. The van der Waals surface area contributed by atoms with Gasteiger partial charge in [-0.25, -0.2) is 8.78 Å².